The Morgan fingerprint density at radius 1 is 1.00 bits per heavy atom. The smallest absolute Gasteiger partial charge is 0.259 e. The van der Waals surface area contributed by atoms with E-state index in [9.17, 15) is 15.3 Å². The van der Waals surface area contributed by atoms with Gasteiger partial charge < -0.3 is 24.8 Å². The Hall–Kier alpha value is -3.30. The van der Waals surface area contributed by atoms with E-state index in [0.717, 1.165) is 32.8 Å². The molecule has 1 aliphatic rings. The van der Waals surface area contributed by atoms with E-state index < -0.39 is 0 Å². The molecule has 0 atom stereocenters. The van der Waals surface area contributed by atoms with Gasteiger partial charge in [-0.3, -0.25) is 4.90 Å². The van der Waals surface area contributed by atoms with Crippen LogP contribution in [0.3, 0.4) is 0 Å². The van der Waals surface area contributed by atoms with Gasteiger partial charge >= 0.3 is 0 Å². The minimum atomic E-state index is -0.265. The number of rotatable bonds is 6. The predicted octanol–water partition coefficient (Wildman–Crippen LogP) is 1.76. The number of benzene rings is 2. The van der Waals surface area contributed by atoms with E-state index in [4.69, 9.17) is 9.47 Å². The average Bonchev–Trinajstić information content (AvgIpc) is 3.10. The van der Waals surface area contributed by atoms with Crippen molar-refractivity contribution in [1.82, 2.24) is 19.9 Å². The van der Waals surface area contributed by atoms with Crippen molar-refractivity contribution >= 4 is 0 Å². The average molecular weight is 398 g/mol. The number of morpholine rings is 1. The van der Waals surface area contributed by atoms with Gasteiger partial charge in [0.1, 0.15) is 35.2 Å². The van der Waals surface area contributed by atoms with Gasteiger partial charge in [-0.2, -0.15) is 0 Å². The van der Waals surface area contributed by atoms with Crippen LogP contribution in [0.4, 0.5) is 0 Å². The highest BCUT2D eigenvalue weighted by Crippen LogP contribution is 2.34. The molecule has 1 saturated heterocycles. The first-order chi connectivity index (χ1) is 14.1. The highest BCUT2D eigenvalue weighted by Gasteiger charge is 2.18. The highest BCUT2D eigenvalue weighted by molar-refractivity contribution is 5.68. The molecule has 2 heterocycles. The largest absolute Gasteiger partial charge is 0.508 e. The number of phenolic OH excluding ortho intramolecular Hbond substituents is 2. The summed E-state index contributed by atoms with van der Waals surface area (Å²) in [5, 5.41) is 37.4. The summed E-state index contributed by atoms with van der Waals surface area (Å²) in [5.74, 6) is 0.196. The van der Waals surface area contributed by atoms with Crippen LogP contribution in [0.5, 0.6) is 23.1 Å². The van der Waals surface area contributed by atoms with Crippen LogP contribution in [0.2, 0.25) is 0 Å². The lowest BCUT2D eigenvalue weighted by molar-refractivity contribution is 0.0322. The summed E-state index contributed by atoms with van der Waals surface area (Å²) >= 11 is 0. The molecule has 0 aliphatic carbocycles. The molecule has 3 N–H and O–H groups in total. The topological polar surface area (TPSA) is 113 Å². The quantitative estimate of drug-likeness (QED) is 0.576. The minimum absolute atomic E-state index is 0.0734. The van der Waals surface area contributed by atoms with Crippen molar-refractivity contribution in [3.05, 3.63) is 42.5 Å². The molecule has 9 nitrogen and oxygen atoms in total. The highest BCUT2D eigenvalue weighted by atomic mass is 16.5. The van der Waals surface area contributed by atoms with Crippen LogP contribution in [0.15, 0.2) is 42.5 Å². The van der Waals surface area contributed by atoms with Gasteiger partial charge in [-0.15, -0.1) is 0 Å². The Morgan fingerprint density at radius 2 is 1.76 bits per heavy atom. The summed E-state index contributed by atoms with van der Waals surface area (Å²) in [7, 11) is 0. The molecule has 152 valence electrons. The monoisotopic (exact) mass is 398 g/mol. The standard InChI is InChI=1S/C20H22N4O5/c25-15-3-6-17(18(26)13-15)24-19(20(27)21-22-24)14-1-4-16(5-2-14)29-12-9-23-7-10-28-11-8-23/h1-6,13,25-27H,7-12H2. The van der Waals surface area contributed by atoms with Crippen molar-refractivity contribution in [3.63, 3.8) is 0 Å². The summed E-state index contributed by atoms with van der Waals surface area (Å²) in [4.78, 5) is 2.30. The maximum Gasteiger partial charge on any atom is 0.259 e. The SMILES string of the molecule is Oc1ccc(-n2nnc(O)c2-c2ccc(OCCN3CCOCC3)cc2)c(O)c1. The maximum absolute atomic E-state index is 10.2. The molecular weight excluding hydrogens is 376 g/mol. The van der Waals surface area contributed by atoms with E-state index in [-0.39, 0.29) is 23.1 Å². The van der Waals surface area contributed by atoms with Crippen LogP contribution < -0.4 is 4.74 Å². The van der Waals surface area contributed by atoms with Crippen LogP contribution in [-0.2, 0) is 4.74 Å². The number of aromatic nitrogens is 3. The second-order valence-corrected chi connectivity index (χ2v) is 6.67. The summed E-state index contributed by atoms with van der Waals surface area (Å²) in [6.45, 7) is 4.77. The van der Waals surface area contributed by atoms with Crippen LogP contribution >= 0.6 is 0 Å². The van der Waals surface area contributed by atoms with E-state index in [0.29, 0.717) is 23.6 Å². The fourth-order valence-electron chi connectivity index (χ4n) is 3.21. The zero-order chi connectivity index (χ0) is 20.2. The van der Waals surface area contributed by atoms with Crippen molar-refractivity contribution < 1.29 is 24.8 Å². The first kappa shape index (κ1) is 19.0. The molecular formula is C20H22N4O5. The molecule has 9 heteroatoms. The van der Waals surface area contributed by atoms with Crippen LogP contribution in [0, 0.1) is 0 Å². The molecule has 0 amide bonds. The van der Waals surface area contributed by atoms with E-state index in [1.807, 2.05) is 12.1 Å². The summed E-state index contributed by atoms with van der Waals surface area (Å²) < 4.78 is 12.5. The van der Waals surface area contributed by atoms with Crippen molar-refractivity contribution in [1.29, 1.82) is 0 Å². The fraction of sp³-hybridized carbons (Fsp3) is 0.300. The predicted molar refractivity (Wildman–Crippen MR) is 105 cm³/mol. The summed E-state index contributed by atoms with van der Waals surface area (Å²) in [6.07, 6.45) is 0. The van der Waals surface area contributed by atoms with E-state index in [1.165, 1.54) is 22.9 Å². The summed E-state index contributed by atoms with van der Waals surface area (Å²) in [6, 6.07) is 11.3. The Balaban J connectivity index is 1.48. The zero-order valence-electron chi connectivity index (χ0n) is 15.7. The third-order valence-electron chi connectivity index (χ3n) is 4.75. The molecule has 1 aromatic heterocycles. The first-order valence-corrected chi connectivity index (χ1v) is 9.32. The lowest BCUT2D eigenvalue weighted by Gasteiger charge is -2.26. The number of nitrogens with zero attached hydrogens (tertiary/aromatic N) is 4. The summed E-state index contributed by atoms with van der Waals surface area (Å²) in [5.41, 5.74) is 1.27. The molecule has 0 unspecified atom stereocenters. The van der Waals surface area contributed by atoms with E-state index in [1.54, 1.807) is 12.1 Å². The van der Waals surface area contributed by atoms with Crippen LogP contribution in [0.1, 0.15) is 0 Å². The van der Waals surface area contributed by atoms with Gasteiger partial charge in [-0.05, 0) is 36.4 Å². The second-order valence-electron chi connectivity index (χ2n) is 6.67. The molecule has 4 rings (SSSR count). The molecule has 1 fully saturated rings. The Morgan fingerprint density at radius 3 is 2.48 bits per heavy atom. The zero-order valence-corrected chi connectivity index (χ0v) is 15.7. The fourth-order valence-corrected chi connectivity index (χ4v) is 3.21. The van der Waals surface area contributed by atoms with Gasteiger partial charge in [-0.25, -0.2) is 4.68 Å². The van der Waals surface area contributed by atoms with Crippen molar-refractivity contribution in [2.75, 3.05) is 39.5 Å². The molecule has 0 radical (unpaired) electrons. The molecule has 0 bridgehead atoms. The molecule has 0 spiro atoms. The van der Waals surface area contributed by atoms with Gasteiger partial charge in [0.15, 0.2) is 0 Å². The van der Waals surface area contributed by atoms with Gasteiger partial charge in [0, 0.05) is 31.3 Å². The molecule has 3 aromatic rings. The lowest BCUT2D eigenvalue weighted by Crippen LogP contribution is -2.38. The lowest BCUT2D eigenvalue weighted by atomic mass is 10.1. The molecule has 1 aliphatic heterocycles. The van der Waals surface area contributed by atoms with Crippen LogP contribution in [-0.4, -0.2) is 74.7 Å². The third kappa shape index (κ3) is 4.25. The van der Waals surface area contributed by atoms with Gasteiger partial charge in [0.05, 0.1) is 13.2 Å². The van der Waals surface area contributed by atoms with Gasteiger partial charge in [0.2, 0.25) is 0 Å². The molecule has 2 aromatic carbocycles. The number of aromatic hydroxyl groups is 3. The Labute approximate surface area is 167 Å². The van der Waals surface area contributed by atoms with Gasteiger partial charge in [0.25, 0.3) is 5.88 Å². The Kier molecular flexibility index (Phi) is 5.50. The maximum atomic E-state index is 10.2. The second kappa shape index (κ2) is 8.38. The van der Waals surface area contributed by atoms with Gasteiger partial charge in [-0.1, -0.05) is 10.3 Å². The number of phenols is 2. The van der Waals surface area contributed by atoms with E-state index in [2.05, 4.69) is 15.2 Å². The molecule has 0 saturated carbocycles. The number of hydrogen-bond acceptors (Lipinski definition) is 8. The number of ether oxygens (including phenoxy) is 2. The normalized spacial score (nSPS) is 14.8. The minimum Gasteiger partial charge on any atom is -0.508 e. The first-order valence-electron chi connectivity index (χ1n) is 9.32. The Bertz CT molecular complexity index is 968. The van der Waals surface area contributed by atoms with Crippen molar-refractivity contribution in [2.45, 2.75) is 0 Å². The van der Waals surface area contributed by atoms with Crippen molar-refractivity contribution in [2.24, 2.45) is 0 Å². The van der Waals surface area contributed by atoms with Crippen LogP contribution in [0.25, 0.3) is 16.9 Å². The number of hydrogen-bond donors (Lipinski definition) is 3. The third-order valence-corrected chi connectivity index (χ3v) is 4.75. The molecule has 29 heavy (non-hydrogen) atoms. The van der Waals surface area contributed by atoms with E-state index >= 15 is 0 Å². The van der Waals surface area contributed by atoms with Crippen molar-refractivity contribution in [3.8, 4) is 40.1 Å².